The zero-order valence-electron chi connectivity index (χ0n) is 10.4. The molecule has 0 saturated carbocycles. The highest BCUT2D eigenvalue weighted by Crippen LogP contribution is 2.32. The van der Waals surface area contributed by atoms with Gasteiger partial charge < -0.3 is 14.8 Å². The molecule has 0 aliphatic carbocycles. The van der Waals surface area contributed by atoms with Crippen molar-refractivity contribution in [2.24, 2.45) is 0 Å². The maximum Gasteiger partial charge on any atom is 0.122 e. The van der Waals surface area contributed by atoms with E-state index in [4.69, 9.17) is 9.47 Å². The third kappa shape index (κ3) is 3.45. The van der Waals surface area contributed by atoms with Gasteiger partial charge in [0, 0.05) is 26.2 Å². The van der Waals surface area contributed by atoms with Crippen LogP contribution in [0.25, 0.3) is 0 Å². The van der Waals surface area contributed by atoms with Gasteiger partial charge >= 0.3 is 0 Å². The van der Waals surface area contributed by atoms with Crippen molar-refractivity contribution >= 4 is 0 Å². The molecule has 0 amide bonds. The molecule has 1 unspecified atom stereocenters. The van der Waals surface area contributed by atoms with Gasteiger partial charge in [-0.2, -0.15) is 0 Å². The summed E-state index contributed by atoms with van der Waals surface area (Å²) in [5, 5.41) is 3.50. The van der Waals surface area contributed by atoms with Gasteiger partial charge in [-0.1, -0.05) is 18.2 Å². The second kappa shape index (κ2) is 6.62. The van der Waals surface area contributed by atoms with Crippen LogP contribution in [0.4, 0.5) is 0 Å². The summed E-state index contributed by atoms with van der Waals surface area (Å²) < 4.78 is 10.7. The van der Waals surface area contributed by atoms with Crippen LogP contribution in [0.2, 0.25) is 0 Å². The van der Waals surface area contributed by atoms with E-state index in [0.29, 0.717) is 5.92 Å². The number of hydrogen-bond donors (Lipinski definition) is 1. The Kier molecular flexibility index (Phi) is 4.83. The van der Waals surface area contributed by atoms with Crippen molar-refractivity contribution in [3.8, 4) is 5.75 Å². The lowest BCUT2D eigenvalue weighted by Crippen LogP contribution is -2.27. The molecule has 1 aliphatic rings. The fraction of sp³-hybridized carbons (Fsp3) is 0.571. The molecule has 0 radical (unpaired) electrons. The molecule has 2 rings (SSSR count). The van der Waals surface area contributed by atoms with Crippen molar-refractivity contribution in [3.05, 3.63) is 29.8 Å². The van der Waals surface area contributed by atoms with Gasteiger partial charge in [0.05, 0.1) is 6.61 Å². The quantitative estimate of drug-likeness (QED) is 0.767. The van der Waals surface area contributed by atoms with Crippen LogP contribution >= 0.6 is 0 Å². The van der Waals surface area contributed by atoms with E-state index in [2.05, 4.69) is 23.5 Å². The number of benzene rings is 1. The molecular formula is C14H21NO2. The highest BCUT2D eigenvalue weighted by atomic mass is 16.5. The van der Waals surface area contributed by atoms with Crippen LogP contribution in [-0.4, -0.2) is 33.4 Å². The average molecular weight is 235 g/mol. The fourth-order valence-corrected chi connectivity index (χ4v) is 2.25. The lowest BCUT2D eigenvalue weighted by molar-refractivity contribution is 0.193. The van der Waals surface area contributed by atoms with Crippen molar-refractivity contribution in [2.75, 3.05) is 33.4 Å². The van der Waals surface area contributed by atoms with E-state index in [1.165, 1.54) is 5.56 Å². The largest absolute Gasteiger partial charge is 0.493 e. The first kappa shape index (κ1) is 12.4. The first-order valence-electron chi connectivity index (χ1n) is 6.33. The van der Waals surface area contributed by atoms with Gasteiger partial charge in [0.2, 0.25) is 0 Å². The van der Waals surface area contributed by atoms with Crippen LogP contribution in [0.3, 0.4) is 0 Å². The summed E-state index contributed by atoms with van der Waals surface area (Å²) in [7, 11) is 1.74. The summed E-state index contributed by atoms with van der Waals surface area (Å²) in [5.41, 5.74) is 1.35. The number of methoxy groups -OCH3 is 1. The van der Waals surface area contributed by atoms with E-state index >= 15 is 0 Å². The predicted octanol–water partition coefficient (Wildman–Crippen LogP) is 2.18. The number of fused-ring (bicyclic) bond motifs is 1. The van der Waals surface area contributed by atoms with Crippen molar-refractivity contribution in [1.29, 1.82) is 0 Å². The molecule has 0 bridgehead atoms. The number of para-hydroxylation sites is 1. The zero-order valence-corrected chi connectivity index (χ0v) is 10.4. The predicted molar refractivity (Wildman–Crippen MR) is 68.7 cm³/mol. The average Bonchev–Trinajstić information content (AvgIpc) is 2.39. The first-order valence-corrected chi connectivity index (χ1v) is 6.33. The molecule has 17 heavy (non-hydrogen) atoms. The third-order valence-electron chi connectivity index (χ3n) is 3.18. The van der Waals surface area contributed by atoms with Crippen LogP contribution in [-0.2, 0) is 4.74 Å². The summed E-state index contributed by atoms with van der Waals surface area (Å²) in [5.74, 6) is 1.64. The third-order valence-corrected chi connectivity index (χ3v) is 3.18. The molecule has 3 heteroatoms. The SMILES string of the molecule is COCCCNCC1CCOc2ccccc21. The molecule has 1 N–H and O–H groups in total. The standard InChI is InChI=1S/C14H21NO2/c1-16-9-4-8-15-11-12-7-10-17-14-6-3-2-5-13(12)14/h2-3,5-6,12,15H,4,7-11H2,1H3. The molecule has 1 atom stereocenters. The molecule has 0 aromatic heterocycles. The molecule has 0 fully saturated rings. The monoisotopic (exact) mass is 235 g/mol. The molecule has 1 aromatic rings. The fourth-order valence-electron chi connectivity index (χ4n) is 2.25. The van der Waals surface area contributed by atoms with Gasteiger partial charge in [-0.3, -0.25) is 0 Å². The number of hydrogen-bond acceptors (Lipinski definition) is 3. The van der Waals surface area contributed by atoms with Gasteiger partial charge in [0.1, 0.15) is 5.75 Å². The minimum absolute atomic E-state index is 0.586. The van der Waals surface area contributed by atoms with Crippen LogP contribution < -0.4 is 10.1 Å². The van der Waals surface area contributed by atoms with E-state index in [0.717, 1.165) is 44.9 Å². The van der Waals surface area contributed by atoms with Gasteiger partial charge in [0.15, 0.2) is 0 Å². The second-order valence-electron chi connectivity index (χ2n) is 4.42. The Balaban J connectivity index is 1.82. The molecule has 94 valence electrons. The number of rotatable bonds is 6. The van der Waals surface area contributed by atoms with Gasteiger partial charge in [-0.25, -0.2) is 0 Å². The smallest absolute Gasteiger partial charge is 0.122 e. The molecule has 0 saturated heterocycles. The van der Waals surface area contributed by atoms with E-state index in [-0.39, 0.29) is 0 Å². The molecule has 0 spiro atoms. The van der Waals surface area contributed by atoms with Crippen LogP contribution in [0, 0.1) is 0 Å². The Bertz CT molecular complexity index is 341. The maximum atomic E-state index is 5.65. The van der Waals surface area contributed by atoms with Gasteiger partial charge in [0.25, 0.3) is 0 Å². The van der Waals surface area contributed by atoms with Crippen LogP contribution in [0.15, 0.2) is 24.3 Å². The highest BCUT2D eigenvalue weighted by molar-refractivity contribution is 5.37. The molecular weight excluding hydrogens is 214 g/mol. The molecule has 1 aromatic carbocycles. The Morgan fingerprint density at radius 2 is 2.29 bits per heavy atom. The molecule has 3 nitrogen and oxygen atoms in total. The minimum Gasteiger partial charge on any atom is -0.493 e. The van der Waals surface area contributed by atoms with Crippen LogP contribution in [0.1, 0.15) is 24.3 Å². The maximum absolute atomic E-state index is 5.65. The second-order valence-corrected chi connectivity index (χ2v) is 4.42. The molecule has 1 heterocycles. The Morgan fingerprint density at radius 3 is 3.18 bits per heavy atom. The highest BCUT2D eigenvalue weighted by Gasteiger charge is 2.20. The summed E-state index contributed by atoms with van der Waals surface area (Å²) in [6, 6.07) is 8.36. The van der Waals surface area contributed by atoms with E-state index < -0.39 is 0 Å². The van der Waals surface area contributed by atoms with Crippen molar-refractivity contribution < 1.29 is 9.47 Å². The van der Waals surface area contributed by atoms with Crippen molar-refractivity contribution in [1.82, 2.24) is 5.32 Å². The van der Waals surface area contributed by atoms with E-state index in [1.807, 2.05) is 6.07 Å². The van der Waals surface area contributed by atoms with E-state index in [9.17, 15) is 0 Å². The normalized spacial score (nSPS) is 18.5. The number of nitrogens with one attached hydrogen (secondary N) is 1. The summed E-state index contributed by atoms with van der Waals surface area (Å²) in [4.78, 5) is 0. The van der Waals surface area contributed by atoms with Crippen molar-refractivity contribution in [3.63, 3.8) is 0 Å². The summed E-state index contributed by atoms with van der Waals surface area (Å²) in [6.07, 6.45) is 2.18. The topological polar surface area (TPSA) is 30.5 Å². The lowest BCUT2D eigenvalue weighted by atomic mass is 9.93. The Labute approximate surface area is 103 Å². The zero-order chi connectivity index (χ0) is 11.9. The van der Waals surface area contributed by atoms with Crippen LogP contribution in [0.5, 0.6) is 5.75 Å². The Morgan fingerprint density at radius 1 is 1.41 bits per heavy atom. The summed E-state index contributed by atoms with van der Waals surface area (Å²) in [6.45, 7) is 3.72. The molecule has 1 aliphatic heterocycles. The van der Waals surface area contributed by atoms with Gasteiger partial charge in [-0.05, 0) is 31.0 Å². The lowest BCUT2D eigenvalue weighted by Gasteiger charge is -2.26. The van der Waals surface area contributed by atoms with E-state index in [1.54, 1.807) is 7.11 Å². The summed E-state index contributed by atoms with van der Waals surface area (Å²) >= 11 is 0. The Hall–Kier alpha value is -1.06. The number of ether oxygens (including phenoxy) is 2. The van der Waals surface area contributed by atoms with Gasteiger partial charge in [-0.15, -0.1) is 0 Å². The first-order chi connectivity index (χ1) is 8.42. The van der Waals surface area contributed by atoms with Crippen molar-refractivity contribution in [2.45, 2.75) is 18.8 Å². The minimum atomic E-state index is 0.586.